The smallest absolute Gasteiger partial charge is 0.266 e. The first-order chi connectivity index (χ1) is 14.1. The Balaban J connectivity index is 1.76. The van der Waals surface area contributed by atoms with Crippen molar-refractivity contribution in [1.82, 2.24) is 4.90 Å². The summed E-state index contributed by atoms with van der Waals surface area (Å²) < 4.78 is 17.3. The highest BCUT2D eigenvalue weighted by Crippen LogP contribution is 2.35. The first-order valence-electron chi connectivity index (χ1n) is 9.30. The molecule has 0 aromatic heterocycles. The van der Waals surface area contributed by atoms with E-state index in [9.17, 15) is 4.79 Å². The number of methoxy groups -OCH3 is 1. The van der Waals surface area contributed by atoms with Crippen molar-refractivity contribution in [2.24, 2.45) is 0 Å². The van der Waals surface area contributed by atoms with Crippen LogP contribution in [0.2, 0.25) is 0 Å². The molecule has 2 aromatic rings. The molecule has 1 aliphatic heterocycles. The van der Waals surface area contributed by atoms with Crippen molar-refractivity contribution in [3.05, 3.63) is 64.6 Å². The lowest BCUT2D eigenvalue weighted by Crippen LogP contribution is -2.31. The largest absolute Gasteiger partial charge is 0.490 e. The summed E-state index contributed by atoms with van der Waals surface area (Å²) in [6, 6.07) is 15.6. The van der Waals surface area contributed by atoms with Crippen LogP contribution in [-0.2, 0) is 16.1 Å². The summed E-state index contributed by atoms with van der Waals surface area (Å²) in [7, 11) is 1.60. The second-order valence-electron chi connectivity index (χ2n) is 6.24. The molecular formula is C22H23NO4S2. The molecule has 1 saturated heterocycles. The highest BCUT2D eigenvalue weighted by molar-refractivity contribution is 8.26. The van der Waals surface area contributed by atoms with E-state index in [1.165, 1.54) is 11.8 Å². The van der Waals surface area contributed by atoms with Crippen LogP contribution in [0.3, 0.4) is 0 Å². The second kappa shape index (κ2) is 10.4. The lowest BCUT2D eigenvalue weighted by atomic mass is 10.1. The van der Waals surface area contributed by atoms with Gasteiger partial charge in [0.1, 0.15) is 10.9 Å². The first kappa shape index (κ1) is 21.4. The average Bonchev–Trinajstić information content (AvgIpc) is 2.99. The standard InChI is InChI=1S/C22H23NO4S2/c1-3-26-19-13-17(9-10-18(19)27-15-16-7-5-4-6-8-16)14-20-21(24)23(11-12-25-2)22(28)29-20/h4-10,13-14H,3,11-12,15H2,1-2H3. The predicted octanol–water partition coefficient (Wildman–Crippen LogP) is 4.51. The minimum atomic E-state index is -0.0978. The van der Waals surface area contributed by atoms with Crippen LogP contribution in [0.1, 0.15) is 18.1 Å². The number of ether oxygens (including phenoxy) is 3. The fraction of sp³-hybridized carbons (Fsp3) is 0.273. The Hall–Kier alpha value is -2.35. The maximum Gasteiger partial charge on any atom is 0.266 e. The molecule has 7 heteroatoms. The van der Waals surface area contributed by atoms with Gasteiger partial charge in [-0.3, -0.25) is 9.69 Å². The van der Waals surface area contributed by atoms with Crippen LogP contribution in [0.15, 0.2) is 53.4 Å². The van der Waals surface area contributed by atoms with E-state index < -0.39 is 0 Å². The number of carbonyl (C=O) groups is 1. The third-order valence-corrected chi connectivity index (χ3v) is 5.57. The van der Waals surface area contributed by atoms with Gasteiger partial charge in [0.15, 0.2) is 11.5 Å². The van der Waals surface area contributed by atoms with Crippen molar-refractivity contribution in [1.29, 1.82) is 0 Å². The van der Waals surface area contributed by atoms with Crippen molar-refractivity contribution in [3.63, 3.8) is 0 Å². The number of thioether (sulfide) groups is 1. The number of carbonyl (C=O) groups excluding carboxylic acids is 1. The molecular weight excluding hydrogens is 406 g/mol. The molecule has 0 spiro atoms. The summed E-state index contributed by atoms with van der Waals surface area (Å²) in [6.07, 6.45) is 1.83. The lowest BCUT2D eigenvalue weighted by Gasteiger charge is -2.13. The Bertz CT molecular complexity index is 899. The third-order valence-electron chi connectivity index (χ3n) is 4.20. The minimum absolute atomic E-state index is 0.0978. The number of hydrogen-bond donors (Lipinski definition) is 0. The van der Waals surface area contributed by atoms with Gasteiger partial charge in [-0.2, -0.15) is 0 Å². The quantitative estimate of drug-likeness (QED) is 0.432. The molecule has 0 bridgehead atoms. The van der Waals surface area contributed by atoms with Crippen LogP contribution in [0.25, 0.3) is 6.08 Å². The number of rotatable bonds is 9. The van der Waals surface area contributed by atoms with Gasteiger partial charge >= 0.3 is 0 Å². The minimum Gasteiger partial charge on any atom is -0.490 e. The Labute approximate surface area is 180 Å². The van der Waals surface area contributed by atoms with Crippen molar-refractivity contribution in [3.8, 4) is 11.5 Å². The fourth-order valence-electron chi connectivity index (χ4n) is 2.76. The van der Waals surface area contributed by atoms with Crippen LogP contribution in [0.5, 0.6) is 11.5 Å². The molecule has 0 N–H and O–H groups in total. The number of nitrogens with zero attached hydrogens (tertiary/aromatic N) is 1. The average molecular weight is 430 g/mol. The van der Waals surface area contributed by atoms with Gasteiger partial charge in [0.2, 0.25) is 0 Å². The summed E-state index contributed by atoms with van der Waals surface area (Å²) in [5, 5.41) is 0. The number of thiocarbonyl (C=S) groups is 1. The maximum atomic E-state index is 12.6. The Morgan fingerprint density at radius 3 is 2.62 bits per heavy atom. The molecule has 0 radical (unpaired) electrons. The molecule has 5 nitrogen and oxygen atoms in total. The Morgan fingerprint density at radius 1 is 1.10 bits per heavy atom. The summed E-state index contributed by atoms with van der Waals surface area (Å²) in [5.74, 6) is 1.21. The van der Waals surface area contributed by atoms with Crippen molar-refractivity contribution in [2.75, 3.05) is 26.9 Å². The molecule has 1 aliphatic rings. The van der Waals surface area contributed by atoms with Gasteiger partial charge in [0.05, 0.1) is 24.7 Å². The normalized spacial score (nSPS) is 15.2. The van der Waals surface area contributed by atoms with Crippen LogP contribution < -0.4 is 9.47 Å². The molecule has 0 saturated carbocycles. The van der Waals surface area contributed by atoms with E-state index in [2.05, 4.69) is 0 Å². The summed E-state index contributed by atoms with van der Waals surface area (Å²) in [4.78, 5) is 14.8. The summed E-state index contributed by atoms with van der Waals surface area (Å²) in [5.41, 5.74) is 1.94. The van der Waals surface area contributed by atoms with Gasteiger partial charge < -0.3 is 14.2 Å². The maximum absolute atomic E-state index is 12.6. The highest BCUT2D eigenvalue weighted by Gasteiger charge is 2.31. The molecule has 2 aromatic carbocycles. The number of amides is 1. The van der Waals surface area contributed by atoms with E-state index in [1.54, 1.807) is 12.0 Å². The monoisotopic (exact) mass is 429 g/mol. The van der Waals surface area contributed by atoms with Crippen molar-refractivity contribution < 1.29 is 19.0 Å². The molecule has 29 heavy (non-hydrogen) atoms. The zero-order valence-corrected chi connectivity index (χ0v) is 18.1. The van der Waals surface area contributed by atoms with Crippen molar-refractivity contribution >= 4 is 40.3 Å². The predicted molar refractivity (Wildman–Crippen MR) is 120 cm³/mol. The van der Waals surface area contributed by atoms with E-state index in [4.69, 9.17) is 26.4 Å². The van der Waals surface area contributed by atoms with Crippen LogP contribution >= 0.6 is 24.0 Å². The van der Waals surface area contributed by atoms with E-state index in [0.29, 0.717) is 47.1 Å². The fourth-order valence-corrected chi connectivity index (χ4v) is 4.07. The molecule has 3 rings (SSSR count). The highest BCUT2D eigenvalue weighted by atomic mass is 32.2. The Kier molecular flexibility index (Phi) is 7.69. The summed E-state index contributed by atoms with van der Waals surface area (Å²) >= 11 is 6.62. The number of benzene rings is 2. The van der Waals surface area contributed by atoms with Crippen LogP contribution in [0.4, 0.5) is 0 Å². The van der Waals surface area contributed by atoms with E-state index in [1.807, 2.05) is 61.5 Å². The van der Waals surface area contributed by atoms with E-state index >= 15 is 0 Å². The molecule has 152 valence electrons. The summed E-state index contributed by atoms with van der Waals surface area (Å²) in [6.45, 7) is 3.80. The topological polar surface area (TPSA) is 48.0 Å². The molecule has 0 aliphatic carbocycles. The van der Waals surface area contributed by atoms with Gasteiger partial charge in [-0.15, -0.1) is 0 Å². The zero-order valence-electron chi connectivity index (χ0n) is 16.4. The van der Waals surface area contributed by atoms with Gasteiger partial charge in [0, 0.05) is 7.11 Å². The first-order valence-corrected chi connectivity index (χ1v) is 10.5. The van der Waals surface area contributed by atoms with Crippen LogP contribution in [-0.4, -0.2) is 42.0 Å². The van der Waals surface area contributed by atoms with Gasteiger partial charge in [-0.1, -0.05) is 60.4 Å². The molecule has 0 atom stereocenters. The lowest BCUT2D eigenvalue weighted by molar-refractivity contribution is -0.122. The second-order valence-corrected chi connectivity index (χ2v) is 7.92. The van der Waals surface area contributed by atoms with Gasteiger partial charge in [-0.25, -0.2) is 0 Å². The number of hydrogen-bond acceptors (Lipinski definition) is 6. The molecule has 0 unspecified atom stereocenters. The Morgan fingerprint density at radius 2 is 1.90 bits per heavy atom. The third kappa shape index (κ3) is 5.59. The van der Waals surface area contributed by atoms with Gasteiger partial charge in [0.25, 0.3) is 5.91 Å². The van der Waals surface area contributed by atoms with Crippen molar-refractivity contribution in [2.45, 2.75) is 13.5 Å². The van der Waals surface area contributed by atoms with Gasteiger partial charge in [-0.05, 0) is 36.3 Å². The van der Waals surface area contributed by atoms with E-state index in [0.717, 1.165) is 11.1 Å². The van der Waals surface area contributed by atoms with E-state index in [-0.39, 0.29) is 5.91 Å². The van der Waals surface area contributed by atoms with Crippen LogP contribution in [0, 0.1) is 0 Å². The SMILES string of the molecule is CCOc1cc(C=C2SC(=S)N(CCOC)C2=O)ccc1OCc1ccccc1. The zero-order chi connectivity index (χ0) is 20.6. The molecule has 1 amide bonds. The molecule has 1 heterocycles. The molecule has 1 fully saturated rings.